The van der Waals surface area contributed by atoms with Crippen molar-refractivity contribution in [2.24, 2.45) is 0 Å². The Bertz CT molecular complexity index is 1120. The summed E-state index contributed by atoms with van der Waals surface area (Å²) in [5.41, 5.74) is 2.11. The molecule has 0 saturated carbocycles. The third-order valence-corrected chi connectivity index (χ3v) is 5.77. The van der Waals surface area contributed by atoms with Gasteiger partial charge in [-0.2, -0.15) is 0 Å². The molecule has 32 heavy (non-hydrogen) atoms. The van der Waals surface area contributed by atoms with Crippen LogP contribution in [0.1, 0.15) is 28.7 Å². The molecule has 1 heterocycles. The average Bonchev–Trinajstić information content (AvgIpc) is 3.18. The summed E-state index contributed by atoms with van der Waals surface area (Å²) in [5, 5.41) is 15.1. The highest BCUT2D eigenvalue weighted by molar-refractivity contribution is 7.99. The van der Waals surface area contributed by atoms with Gasteiger partial charge in [-0.05, 0) is 44.2 Å². The number of aromatic nitrogens is 3. The number of halogens is 1. The zero-order valence-corrected chi connectivity index (χ0v) is 19.6. The first kappa shape index (κ1) is 23.6. The van der Waals surface area contributed by atoms with Crippen molar-refractivity contribution in [2.45, 2.75) is 32.1 Å². The number of benzene rings is 2. The Morgan fingerprint density at radius 3 is 2.72 bits per heavy atom. The molecule has 0 aliphatic heterocycles. The number of carbonyl (C=O) groups is 2. The summed E-state index contributed by atoms with van der Waals surface area (Å²) in [5.74, 6) is 0.867. The number of methoxy groups -OCH3 is 1. The molecule has 3 rings (SSSR count). The first-order chi connectivity index (χ1) is 15.4. The minimum atomic E-state index is -0.226. The van der Waals surface area contributed by atoms with Gasteiger partial charge in [0.2, 0.25) is 5.91 Å². The first-order valence-electron chi connectivity index (χ1n) is 9.94. The lowest BCUT2D eigenvalue weighted by Gasteiger charge is -2.11. The maximum absolute atomic E-state index is 12.4. The zero-order valence-electron chi connectivity index (χ0n) is 18.0. The van der Waals surface area contributed by atoms with E-state index in [9.17, 15) is 9.59 Å². The predicted octanol–water partition coefficient (Wildman–Crippen LogP) is 3.93. The van der Waals surface area contributed by atoms with Crippen LogP contribution >= 0.6 is 23.4 Å². The van der Waals surface area contributed by atoms with Crippen LogP contribution in [0.2, 0.25) is 5.02 Å². The van der Waals surface area contributed by atoms with Crippen molar-refractivity contribution in [3.63, 3.8) is 0 Å². The number of aryl methyl sites for hydroxylation is 1. The molecule has 0 atom stereocenters. The van der Waals surface area contributed by atoms with E-state index in [4.69, 9.17) is 16.3 Å². The van der Waals surface area contributed by atoms with Crippen LogP contribution in [0.3, 0.4) is 0 Å². The number of rotatable bonds is 9. The van der Waals surface area contributed by atoms with Gasteiger partial charge in [-0.1, -0.05) is 41.1 Å². The van der Waals surface area contributed by atoms with Gasteiger partial charge in [-0.25, -0.2) is 0 Å². The van der Waals surface area contributed by atoms with E-state index in [-0.39, 0.29) is 24.1 Å². The average molecular weight is 474 g/mol. The highest BCUT2D eigenvalue weighted by atomic mass is 35.5. The number of ether oxygens (including phenoxy) is 1. The molecule has 2 N–H and O–H groups in total. The molecule has 0 aliphatic rings. The van der Waals surface area contributed by atoms with E-state index >= 15 is 0 Å². The third-order valence-electron chi connectivity index (χ3n) is 4.56. The van der Waals surface area contributed by atoms with Gasteiger partial charge in [0.25, 0.3) is 5.91 Å². The van der Waals surface area contributed by atoms with Crippen LogP contribution < -0.4 is 15.4 Å². The van der Waals surface area contributed by atoms with Crippen molar-refractivity contribution in [1.82, 2.24) is 20.1 Å². The quantitative estimate of drug-likeness (QED) is 0.457. The Morgan fingerprint density at radius 2 is 2.00 bits per heavy atom. The lowest BCUT2D eigenvalue weighted by molar-refractivity contribution is -0.113. The molecule has 3 aromatic rings. The van der Waals surface area contributed by atoms with Crippen LogP contribution in [0, 0.1) is 6.92 Å². The molecule has 0 fully saturated rings. The summed E-state index contributed by atoms with van der Waals surface area (Å²) < 4.78 is 7.12. The summed E-state index contributed by atoms with van der Waals surface area (Å²) in [6.07, 6.45) is 0. The van der Waals surface area contributed by atoms with E-state index < -0.39 is 0 Å². The number of carbonyl (C=O) groups excluding carboxylic acids is 2. The Kier molecular flexibility index (Phi) is 8.13. The van der Waals surface area contributed by atoms with Crippen LogP contribution in [0.4, 0.5) is 5.69 Å². The van der Waals surface area contributed by atoms with Gasteiger partial charge in [0.05, 0.1) is 25.1 Å². The number of hydrogen-bond donors (Lipinski definition) is 2. The first-order valence-corrected chi connectivity index (χ1v) is 11.3. The van der Waals surface area contributed by atoms with E-state index in [1.807, 2.05) is 36.6 Å². The molecular formula is C22H24ClN5O3S. The number of nitrogens with zero attached hydrogens (tertiary/aromatic N) is 3. The molecule has 0 radical (unpaired) electrons. The molecule has 0 aliphatic carbocycles. The van der Waals surface area contributed by atoms with E-state index in [2.05, 4.69) is 20.8 Å². The molecule has 8 nitrogen and oxygen atoms in total. The largest absolute Gasteiger partial charge is 0.495 e. The minimum Gasteiger partial charge on any atom is -0.495 e. The van der Waals surface area contributed by atoms with Crippen molar-refractivity contribution in [2.75, 3.05) is 18.2 Å². The van der Waals surface area contributed by atoms with E-state index in [0.29, 0.717) is 39.5 Å². The van der Waals surface area contributed by atoms with Gasteiger partial charge in [-0.3, -0.25) is 9.59 Å². The van der Waals surface area contributed by atoms with Crippen molar-refractivity contribution in [3.05, 3.63) is 64.4 Å². The maximum Gasteiger partial charge on any atom is 0.251 e. The normalized spacial score (nSPS) is 10.6. The maximum atomic E-state index is 12.4. The molecule has 0 saturated heterocycles. The predicted molar refractivity (Wildman–Crippen MR) is 125 cm³/mol. The number of hydrogen-bond acceptors (Lipinski definition) is 6. The van der Waals surface area contributed by atoms with Gasteiger partial charge in [0, 0.05) is 17.1 Å². The zero-order chi connectivity index (χ0) is 23.1. The van der Waals surface area contributed by atoms with Crippen LogP contribution in [0.5, 0.6) is 5.75 Å². The van der Waals surface area contributed by atoms with Crippen molar-refractivity contribution in [1.29, 1.82) is 0 Å². The molecule has 1 aromatic heterocycles. The Labute approximate surface area is 195 Å². The number of anilines is 1. The second-order valence-electron chi connectivity index (χ2n) is 6.88. The third kappa shape index (κ3) is 6.02. The second-order valence-corrected chi connectivity index (χ2v) is 8.26. The fraction of sp³-hybridized carbons (Fsp3) is 0.273. The van der Waals surface area contributed by atoms with Crippen LogP contribution in [0.25, 0.3) is 0 Å². The van der Waals surface area contributed by atoms with Crippen molar-refractivity contribution < 1.29 is 14.3 Å². The molecule has 168 valence electrons. The second kappa shape index (κ2) is 11.0. The molecule has 10 heteroatoms. The molecule has 0 spiro atoms. The van der Waals surface area contributed by atoms with Gasteiger partial charge < -0.3 is 19.9 Å². The fourth-order valence-corrected chi connectivity index (χ4v) is 4.01. The van der Waals surface area contributed by atoms with Gasteiger partial charge in [0.1, 0.15) is 5.75 Å². The van der Waals surface area contributed by atoms with E-state index in [0.717, 1.165) is 5.56 Å². The Morgan fingerprint density at radius 1 is 1.19 bits per heavy atom. The summed E-state index contributed by atoms with van der Waals surface area (Å²) in [4.78, 5) is 24.8. The number of amides is 2. The van der Waals surface area contributed by atoms with E-state index in [1.165, 1.54) is 18.9 Å². The Hall–Kier alpha value is -3.04. The lowest BCUT2D eigenvalue weighted by Crippen LogP contribution is -2.25. The number of thioether (sulfide) groups is 1. The van der Waals surface area contributed by atoms with Gasteiger partial charge in [-0.15, -0.1) is 10.2 Å². The SMILES string of the molecule is CCn1c(CNC(=O)c2cccc(C)c2)nnc1SCC(=O)Nc1cc(Cl)ccc1OC. The van der Waals surface area contributed by atoms with Crippen LogP contribution in [0.15, 0.2) is 47.6 Å². The monoisotopic (exact) mass is 473 g/mol. The fourth-order valence-electron chi connectivity index (χ4n) is 3.02. The van der Waals surface area contributed by atoms with Crippen molar-refractivity contribution >= 4 is 40.9 Å². The van der Waals surface area contributed by atoms with Crippen molar-refractivity contribution in [3.8, 4) is 5.75 Å². The minimum absolute atomic E-state index is 0.128. The van der Waals surface area contributed by atoms with Crippen LogP contribution in [-0.2, 0) is 17.9 Å². The smallest absolute Gasteiger partial charge is 0.251 e. The molecular weight excluding hydrogens is 450 g/mol. The summed E-state index contributed by atoms with van der Waals surface area (Å²) >= 11 is 7.27. The highest BCUT2D eigenvalue weighted by Crippen LogP contribution is 2.28. The topological polar surface area (TPSA) is 98.1 Å². The molecule has 0 unspecified atom stereocenters. The molecule has 2 amide bonds. The Balaban J connectivity index is 1.59. The van der Waals surface area contributed by atoms with Gasteiger partial charge >= 0.3 is 0 Å². The standard InChI is InChI=1S/C22H24ClN5O3S/c1-4-28-19(12-24-21(30)15-7-5-6-14(2)10-15)26-27-22(28)32-13-20(29)25-17-11-16(23)8-9-18(17)31-3/h5-11H,4,12-13H2,1-3H3,(H,24,30)(H,25,29). The highest BCUT2D eigenvalue weighted by Gasteiger charge is 2.15. The van der Waals surface area contributed by atoms with Crippen LogP contribution in [-0.4, -0.2) is 39.4 Å². The molecule has 0 bridgehead atoms. The van der Waals surface area contributed by atoms with E-state index in [1.54, 1.807) is 24.3 Å². The van der Waals surface area contributed by atoms with Gasteiger partial charge in [0.15, 0.2) is 11.0 Å². The summed E-state index contributed by atoms with van der Waals surface area (Å²) in [7, 11) is 1.52. The summed E-state index contributed by atoms with van der Waals surface area (Å²) in [6, 6.07) is 12.4. The number of nitrogens with one attached hydrogen (secondary N) is 2. The lowest BCUT2D eigenvalue weighted by atomic mass is 10.1. The summed E-state index contributed by atoms with van der Waals surface area (Å²) in [6.45, 7) is 4.73. The molecule has 2 aromatic carbocycles.